The van der Waals surface area contributed by atoms with Gasteiger partial charge in [0.25, 0.3) is 21.6 Å². The lowest BCUT2D eigenvalue weighted by molar-refractivity contribution is -0.384. The Hall–Kier alpha value is -6.21. The van der Waals surface area contributed by atoms with Crippen LogP contribution in [-0.2, 0) is 14.8 Å². The maximum Gasteiger partial charge on any atom is 0.297 e. The number of hydrogen-bond acceptors (Lipinski definition) is 14. The highest BCUT2D eigenvalue weighted by atomic mass is 32.2. The first-order chi connectivity index (χ1) is 33.3. The minimum Gasteiger partial charge on any atom is -0.489 e. The first-order valence-electron chi connectivity index (χ1n) is 24.2. The lowest BCUT2D eigenvalue weighted by Gasteiger charge is -2.56. The molecule has 0 radical (unpaired) electrons. The van der Waals surface area contributed by atoms with Crippen LogP contribution in [0.2, 0.25) is 0 Å². The molecule has 11 rings (SSSR count). The highest BCUT2D eigenvalue weighted by molar-refractivity contribution is 7.90. The van der Waals surface area contributed by atoms with Crippen molar-refractivity contribution in [3.63, 3.8) is 0 Å². The monoisotopic (exact) mass is 957 g/mol. The van der Waals surface area contributed by atoms with Crippen molar-refractivity contribution in [3.8, 4) is 11.6 Å². The highest BCUT2D eigenvalue weighted by Crippen LogP contribution is 2.54. The van der Waals surface area contributed by atoms with Gasteiger partial charge in [-0.2, -0.15) is 4.98 Å². The molecule has 0 bridgehead atoms. The number of H-pyrrole nitrogens is 1. The van der Waals surface area contributed by atoms with Crippen LogP contribution in [0.3, 0.4) is 0 Å². The Balaban J connectivity index is 0.849. The van der Waals surface area contributed by atoms with Crippen LogP contribution in [0.1, 0.15) is 79.9 Å². The van der Waals surface area contributed by atoms with Crippen molar-refractivity contribution in [3.05, 3.63) is 106 Å². The number of carbonyl (C=O) groups excluding carboxylic acids is 1. The molecule has 5 aliphatic heterocycles. The molecule has 5 aromatic rings. The van der Waals surface area contributed by atoms with Crippen LogP contribution >= 0.6 is 0 Å². The van der Waals surface area contributed by atoms with Gasteiger partial charge in [0.2, 0.25) is 5.88 Å². The van der Waals surface area contributed by atoms with Gasteiger partial charge in [-0.3, -0.25) is 24.7 Å². The molecule has 17 nitrogen and oxygen atoms in total. The number of nitrogens with zero attached hydrogens (tertiary/aromatic N) is 6. The number of piperidine rings is 1. The van der Waals surface area contributed by atoms with Gasteiger partial charge in [0.05, 0.1) is 46.9 Å². The van der Waals surface area contributed by atoms with Crippen LogP contribution in [-0.4, -0.2) is 123 Å². The number of aromatic amines is 1. The van der Waals surface area contributed by atoms with Crippen molar-refractivity contribution in [1.29, 1.82) is 0 Å². The smallest absolute Gasteiger partial charge is 0.297 e. The molecule has 4 fully saturated rings. The van der Waals surface area contributed by atoms with E-state index in [1.807, 2.05) is 36.1 Å². The van der Waals surface area contributed by atoms with E-state index in [4.69, 9.17) is 19.2 Å². The number of likely N-dealkylation sites (tertiary alicyclic amines) is 1. The molecule has 2 aromatic heterocycles. The summed E-state index contributed by atoms with van der Waals surface area (Å²) < 4.78 is 48.3. The lowest BCUT2D eigenvalue weighted by Crippen LogP contribution is -2.55. The molecule has 3 aromatic carbocycles. The van der Waals surface area contributed by atoms with E-state index < -0.39 is 31.4 Å². The number of sulfonamides is 1. The van der Waals surface area contributed by atoms with Crippen molar-refractivity contribution < 1.29 is 32.3 Å². The fraction of sp³-hybridized carbons (Fsp3) is 0.451. The summed E-state index contributed by atoms with van der Waals surface area (Å²) in [6, 6.07) is 21.1. The van der Waals surface area contributed by atoms with Gasteiger partial charge in [-0.25, -0.2) is 13.1 Å². The molecule has 18 heteroatoms. The van der Waals surface area contributed by atoms with Gasteiger partial charge in [-0.05, 0) is 106 Å². The van der Waals surface area contributed by atoms with E-state index in [-0.39, 0.29) is 41.2 Å². The van der Waals surface area contributed by atoms with E-state index in [0.29, 0.717) is 61.3 Å². The van der Waals surface area contributed by atoms with Gasteiger partial charge in [0, 0.05) is 74.2 Å². The largest absolute Gasteiger partial charge is 0.489 e. The fourth-order valence-electron chi connectivity index (χ4n) is 11.7. The molecule has 3 N–H and O–H groups in total. The van der Waals surface area contributed by atoms with Crippen LogP contribution in [0.4, 0.5) is 28.4 Å². The molecular weight excluding hydrogens is 899 g/mol. The number of nitro benzene ring substituents is 1. The van der Waals surface area contributed by atoms with Crippen LogP contribution in [0.25, 0.3) is 16.6 Å². The molecule has 3 atom stereocenters. The van der Waals surface area contributed by atoms with Gasteiger partial charge in [0.1, 0.15) is 24.0 Å². The third-order valence-corrected chi connectivity index (χ3v) is 16.6. The van der Waals surface area contributed by atoms with Crippen LogP contribution in [0.15, 0.2) is 84.4 Å². The van der Waals surface area contributed by atoms with E-state index >= 15 is 0 Å². The fourth-order valence-corrected chi connectivity index (χ4v) is 12.7. The molecule has 1 aliphatic carbocycles. The molecule has 7 heterocycles. The van der Waals surface area contributed by atoms with E-state index in [1.165, 1.54) is 42.9 Å². The number of rotatable bonds is 11. The summed E-state index contributed by atoms with van der Waals surface area (Å²) in [5.41, 5.74) is 6.50. The van der Waals surface area contributed by atoms with Crippen molar-refractivity contribution in [2.45, 2.75) is 81.5 Å². The molecule has 362 valence electrons. The molecule has 0 unspecified atom stereocenters. The minimum atomic E-state index is -4.66. The molecule has 1 amide bonds. The van der Waals surface area contributed by atoms with E-state index in [2.05, 4.69) is 67.5 Å². The highest BCUT2D eigenvalue weighted by Gasteiger charge is 2.50. The summed E-state index contributed by atoms with van der Waals surface area (Å²) in [6.07, 6.45) is 8.30. The number of aromatic nitrogens is 2. The summed E-state index contributed by atoms with van der Waals surface area (Å²) in [7, 11) is -4.66. The van der Waals surface area contributed by atoms with Gasteiger partial charge in [-0.1, -0.05) is 36.4 Å². The third-order valence-electron chi connectivity index (χ3n) is 15.3. The standard InChI is InChI=1S/C51H59N9O8S/c1-32(2)39-7-4-5-8-40(39)42-9-6-16-58(42)37-27-51(28-37)13-17-57(18-14-51)36-10-11-41(43(24-36)59-29-33(3)68-50-45(59)23-34-12-15-52-48(34)54-50)49(61)55-69(64,65)38-25-44(60(62)63)47-46(26-38)67-31-35(53-47)30-56-19-21-66-22-20-56/h4-5,7-8,10-12,15,23-26,33,35,37,42,53H,1,6,9,13-14,16-22,27-31H2,2-3H3,(H,52,54)(H,55,61)/t33-,35-,42+/m1/s1. The van der Waals surface area contributed by atoms with E-state index in [0.717, 1.165) is 68.3 Å². The molecule has 3 saturated heterocycles. The average molecular weight is 958 g/mol. The van der Waals surface area contributed by atoms with Crippen molar-refractivity contribution in [2.24, 2.45) is 5.41 Å². The summed E-state index contributed by atoms with van der Waals surface area (Å²) in [4.78, 5) is 43.1. The zero-order chi connectivity index (χ0) is 47.6. The number of morpholine rings is 1. The minimum absolute atomic E-state index is 0.0214. The number of nitrogens with one attached hydrogen (secondary N) is 3. The number of ether oxygens (including phenoxy) is 3. The van der Waals surface area contributed by atoms with E-state index in [1.54, 1.807) is 12.3 Å². The molecule has 1 spiro atoms. The number of allylic oxidation sites excluding steroid dienone is 1. The maximum atomic E-state index is 14.5. The van der Waals surface area contributed by atoms with Crippen molar-refractivity contribution in [2.75, 3.05) is 80.8 Å². The average Bonchev–Trinajstić information content (AvgIpc) is 4.02. The summed E-state index contributed by atoms with van der Waals surface area (Å²) >= 11 is 0. The summed E-state index contributed by atoms with van der Waals surface area (Å²) in [5.74, 6) is -0.478. The Morgan fingerprint density at radius 3 is 2.58 bits per heavy atom. The molecule has 69 heavy (non-hydrogen) atoms. The topological polar surface area (TPSA) is 188 Å². The first-order valence-corrected chi connectivity index (χ1v) is 25.7. The zero-order valence-electron chi connectivity index (χ0n) is 39.1. The number of benzene rings is 3. The number of hydrogen-bond donors (Lipinski definition) is 3. The Labute approximate surface area is 402 Å². The van der Waals surface area contributed by atoms with Crippen LogP contribution in [0, 0.1) is 15.5 Å². The predicted octanol–water partition coefficient (Wildman–Crippen LogP) is 7.63. The summed E-state index contributed by atoms with van der Waals surface area (Å²) in [5, 5.41) is 16.5. The normalized spacial score (nSPS) is 22.8. The van der Waals surface area contributed by atoms with Gasteiger partial charge >= 0.3 is 0 Å². The molecule has 6 aliphatic rings. The number of nitro groups is 1. The Morgan fingerprint density at radius 2 is 1.80 bits per heavy atom. The second-order valence-electron chi connectivity index (χ2n) is 19.9. The van der Waals surface area contributed by atoms with Crippen LogP contribution < -0.4 is 29.3 Å². The summed E-state index contributed by atoms with van der Waals surface area (Å²) in [6.45, 7) is 14.9. The first kappa shape index (κ1) is 45.2. The lowest BCUT2D eigenvalue weighted by atomic mass is 9.59. The number of fused-ring (bicyclic) bond motifs is 3. The maximum absolute atomic E-state index is 14.5. The Morgan fingerprint density at radius 1 is 1.00 bits per heavy atom. The zero-order valence-corrected chi connectivity index (χ0v) is 39.9. The Kier molecular flexibility index (Phi) is 11.8. The number of anilines is 4. The quantitative estimate of drug-likeness (QED) is 0.0866. The van der Waals surface area contributed by atoms with Crippen LogP contribution in [0.5, 0.6) is 11.6 Å². The number of carbonyl (C=O) groups is 1. The second-order valence-corrected chi connectivity index (χ2v) is 21.5. The number of pyridine rings is 1. The second kappa shape index (κ2) is 17.9. The molecular formula is C51H59N9O8S. The Bertz CT molecular complexity index is 2940. The molecule has 1 saturated carbocycles. The van der Waals surface area contributed by atoms with Gasteiger partial charge < -0.3 is 34.3 Å². The van der Waals surface area contributed by atoms with Crippen molar-refractivity contribution >= 4 is 61.0 Å². The van der Waals surface area contributed by atoms with E-state index in [9.17, 15) is 23.3 Å². The SMILES string of the molecule is C=C(C)c1ccccc1[C@@H]1CCCN1C1CC2(CCN(c3ccc(C(=O)NS(=O)(=O)c4cc5c(c([N+](=O)[O-])c4)N[C@H](CN4CCOCC4)CO5)c(N4C[C@@H](C)Oc5nc6[nH]ccc6cc54)c3)CC2)C1. The van der Waals surface area contributed by atoms with Crippen molar-refractivity contribution in [1.82, 2.24) is 24.5 Å². The van der Waals surface area contributed by atoms with Gasteiger partial charge in [-0.15, -0.1) is 0 Å². The number of amides is 1. The predicted molar refractivity (Wildman–Crippen MR) is 264 cm³/mol. The van der Waals surface area contributed by atoms with Gasteiger partial charge in [0.15, 0.2) is 11.4 Å². The third kappa shape index (κ3) is 8.65.